The Bertz CT molecular complexity index is 1790. The number of hydrogen-bond donors (Lipinski definition) is 4. The van der Waals surface area contributed by atoms with Crippen LogP contribution in [0, 0.1) is 5.92 Å². The van der Waals surface area contributed by atoms with Gasteiger partial charge in [0.1, 0.15) is 11.5 Å². The summed E-state index contributed by atoms with van der Waals surface area (Å²) in [5.74, 6) is 0.0878. The van der Waals surface area contributed by atoms with Gasteiger partial charge in [0.2, 0.25) is 10.0 Å². The van der Waals surface area contributed by atoms with Crippen LogP contribution in [0.5, 0.6) is 11.5 Å². The summed E-state index contributed by atoms with van der Waals surface area (Å²) in [5, 5.41) is 25.4. The van der Waals surface area contributed by atoms with E-state index in [4.69, 9.17) is 18.5 Å². The first-order valence-electron chi connectivity index (χ1n) is 17.7. The largest absolute Gasteiger partial charge is 0.497 e. The molecule has 0 radical (unpaired) electrons. The van der Waals surface area contributed by atoms with Crippen LogP contribution in [-0.4, -0.2) is 91.8 Å². The van der Waals surface area contributed by atoms with Crippen LogP contribution in [0.15, 0.2) is 83.8 Å². The number of aliphatic hydroxyl groups is 1. The van der Waals surface area contributed by atoms with E-state index in [1.807, 2.05) is 26.0 Å². The summed E-state index contributed by atoms with van der Waals surface area (Å²) < 4.78 is 64.7. The zero-order valence-corrected chi connectivity index (χ0v) is 33.6. The molecule has 0 aliphatic rings. The number of hydrogen-bond acceptors (Lipinski definition) is 11. The molecule has 0 heterocycles. The summed E-state index contributed by atoms with van der Waals surface area (Å²) in [6.45, 7) is 10.7. The number of para-hydroxylation sites is 1. The van der Waals surface area contributed by atoms with Gasteiger partial charge in [-0.2, -0.15) is 4.31 Å². The summed E-state index contributed by atoms with van der Waals surface area (Å²) >= 11 is 0. The van der Waals surface area contributed by atoms with E-state index < -0.39 is 53.1 Å². The number of methoxy groups -OCH3 is 1. The third-order valence-corrected chi connectivity index (χ3v) is 13.0. The zero-order valence-electron chi connectivity index (χ0n) is 31.9. The Morgan fingerprint density at radius 2 is 1.52 bits per heavy atom. The average molecular weight is 792 g/mol. The van der Waals surface area contributed by atoms with Crippen molar-refractivity contribution in [2.45, 2.75) is 82.8 Å². The molecule has 0 saturated heterocycles. The first-order valence-corrected chi connectivity index (χ1v) is 20.7. The number of carboxylic acid groups (broad SMARTS) is 1. The number of carbonyl (C=O) groups excluding carboxylic acids is 1. The van der Waals surface area contributed by atoms with E-state index in [0.717, 1.165) is 5.56 Å². The molecule has 3 aromatic rings. The molecule has 0 bridgehead atoms. The number of nitrogens with zero attached hydrogens (tertiary/aromatic N) is 1. The highest BCUT2D eigenvalue weighted by Gasteiger charge is 2.47. The van der Waals surface area contributed by atoms with Crippen LogP contribution in [0.4, 0.5) is 4.79 Å². The van der Waals surface area contributed by atoms with Gasteiger partial charge in [-0.25, -0.2) is 22.6 Å². The van der Waals surface area contributed by atoms with Crippen molar-refractivity contribution in [1.29, 1.82) is 0 Å². The minimum absolute atomic E-state index is 0.0248. The Hall–Kier alpha value is -3.98. The lowest BCUT2D eigenvalue weighted by Gasteiger charge is -2.34. The van der Waals surface area contributed by atoms with Crippen molar-refractivity contribution in [3.05, 3.63) is 90.0 Å². The van der Waals surface area contributed by atoms with Gasteiger partial charge in [-0.15, -0.1) is 0 Å². The number of ether oxygens (including phenoxy) is 2. The van der Waals surface area contributed by atoms with E-state index >= 15 is 0 Å². The number of esters is 1. The molecule has 0 fully saturated rings. The van der Waals surface area contributed by atoms with Crippen molar-refractivity contribution in [1.82, 2.24) is 14.9 Å². The number of rotatable bonds is 22. The minimum atomic E-state index is -4.03. The van der Waals surface area contributed by atoms with E-state index in [1.165, 1.54) is 42.6 Å². The van der Waals surface area contributed by atoms with Gasteiger partial charge >= 0.3 is 19.7 Å². The van der Waals surface area contributed by atoms with Crippen LogP contribution in [0.1, 0.15) is 52.7 Å². The Kier molecular flexibility index (Phi) is 16.5. The Balaban J connectivity index is 1.71. The summed E-state index contributed by atoms with van der Waals surface area (Å²) in [5.41, 5.74) is 1.55. The van der Waals surface area contributed by atoms with Gasteiger partial charge in [0.05, 0.1) is 35.9 Å². The monoisotopic (exact) mass is 791 g/mol. The normalized spacial score (nSPS) is 14.9. The molecule has 0 aliphatic heterocycles. The van der Waals surface area contributed by atoms with Gasteiger partial charge in [-0.3, -0.25) is 4.52 Å². The Labute approximate surface area is 318 Å². The van der Waals surface area contributed by atoms with E-state index in [1.54, 1.807) is 63.2 Å². The quantitative estimate of drug-likeness (QED) is 0.0720. The standard InChI is InChI=1S/C38H54N3O11PS/c1-8-50-36(43)28(4)51-53(46,52-32-12-10-9-11-13-32)38(5,6)26-39-23-30-16-14-29(15-17-30)22-34(40-37(44)45)35(42)25-41(24-27(2)3)54(47,48)33-20-18-31(49-7)19-21-33/h9-21,27-28,34-35,39-40,42H,8,22-26H2,1-7H3,(H,44,45)/t28-,34-,35+,53?/m0/s1. The van der Waals surface area contributed by atoms with Gasteiger partial charge in [0.25, 0.3) is 0 Å². The highest BCUT2D eigenvalue weighted by Crippen LogP contribution is 2.60. The van der Waals surface area contributed by atoms with Crippen molar-refractivity contribution < 1.29 is 51.3 Å². The summed E-state index contributed by atoms with van der Waals surface area (Å²) in [6, 6.07) is 20.7. The smallest absolute Gasteiger partial charge is 0.404 e. The summed E-state index contributed by atoms with van der Waals surface area (Å²) in [4.78, 5) is 24.1. The first-order chi connectivity index (χ1) is 25.4. The predicted molar refractivity (Wildman–Crippen MR) is 205 cm³/mol. The van der Waals surface area contributed by atoms with Crippen LogP contribution < -0.4 is 19.9 Å². The van der Waals surface area contributed by atoms with E-state index in [0.29, 0.717) is 23.6 Å². The molecular weight excluding hydrogens is 737 g/mol. The Morgan fingerprint density at radius 3 is 2.07 bits per heavy atom. The van der Waals surface area contributed by atoms with Crippen LogP contribution in [0.3, 0.4) is 0 Å². The molecule has 3 rings (SSSR count). The highest BCUT2D eigenvalue weighted by atomic mass is 32.2. The molecular formula is C38H54N3O11PS. The lowest BCUT2D eigenvalue weighted by Crippen LogP contribution is -2.50. The topological polar surface area (TPSA) is 190 Å². The fourth-order valence-corrected chi connectivity index (χ4v) is 8.83. The maximum absolute atomic E-state index is 14.3. The van der Waals surface area contributed by atoms with Gasteiger partial charge in [0, 0.05) is 26.2 Å². The van der Waals surface area contributed by atoms with Crippen molar-refractivity contribution in [2.75, 3.05) is 33.4 Å². The molecule has 4 N–H and O–H groups in total. The number of amides is 1. The Morgan fingerprint density at radius 1 is 0.907 bits per heavy atom. The lowest BCUT2D eigenvalue weighted by molar-refractivity contribution is -0.150. The fourth-order valence-electron chi connectivity index (χ4n) is 5.43. The molecule has 1 unspecified atom stereocenters. The molecule has 0 aromatic heterocycles. The molecule has 16 heteroatoms. The molecule has 0 spiro atoms. The zero-order chi connectivity index (χ0) is 40.1. The van der Waals surface area contributed by atoms with Gasteiger partial charge < -0.3 is 34.8 Å². The maximum atomic E-state index is 14.3. The second-order valence-electron chi connectivity index (χ2n) is 13.9. The van der Waals surface area contributed by atoms with Gasteiger partial charge in [0.15, 0.2) is 6.10 Å². The van der Waals surface area contributed by atoms with Crippen molar-refractivity contribution in [2.24, 2.45) is 5.92 Å². The molecule has 14 nitrogen and oxygen atoms in total. The number of nitrogens with one attached hydrogen (secondary N) is 2. The molecule has 54 heavy (non-hydrogen) atoms. The SMILES string of the molecule is CCOC(=O)[C@H](C)OP(=O)(Oc1ccccc1)C(C)(C)CNCc1ccc(C[C@H](NC(=O)O)[C@H](O)CN(CC(C)C)S(=O)(=O)c2ccc(OC)cc2)cc1. The van der Waals surface area contributed by atoms with Gasteiger partial charge in [-0.05, 0) is 87.6 Å². The lowest BCUT2D eigenvalue weighted by atomic mass is 10.00. The van der Waals surface area contributed by atoms with E-state index in [9.17, 15) is 32.8 Å². The maximum Gasteiger partial charge on any atom is 0.404 e. The third-order valence-electron chi connectivity index (χ3n) is 8.42. The van der Waals surface area contributed by atoms with Crippen molar-refractivity contribution in [3.63, 3.8) is 0 Å². The van der Waals surface area contributed by atoms with E-state index in [-0.39, 0.29) is 43.5 Å². The van der Waals surface area contributed by atoms with Crippen LogP contribution >= 0.6 is 7.60 Å². The third kappa shape index (κ3) is 12.8. The van der Waals surface area contributed by atoms with Gasteiger partial charge in [-0.1, -0.05) is 56.3 Å². The van der Waals surface area contributed by atoms with Crippen LogP contribution in [0.25, 0.3) is 0 Å². The average Bonchev–Trinajstić information content (AvgIpc) is 3.11. The summed E-state index contributed by atoms with van der Waals surface area (Å²) in [7, 11) is -6.54. The number of sulfonamides is 1. The minimum Gasteiger partial charge on any atom is -0.497 e. The van der Waals surface area contributed by atoms with Crippen molar-refractivity contribution >= 4 is 29.7 Å². The van der Waals surface area contributed by atoms with Crippen LogP contribution in [-0.2, 0) is 41.6 Å². The molecule has 3 aromatic carbocycles. The molecule has 0 aliphatic carbocycles. The molecule has 1 amide bonds. The molecule has 4 atom stereocenters. The molecule has 298 valence electrons. The molecule has 0 saturated carbocycles. The second kappa shape index (κ2) is 20.1. The first kappa shape index (κ1) is 44.4. The van der Waals surface area contributed by atoms with Crippen molar-refractivity contribution in [3.8, 4) is 11.5 Å². The predicted octanol–water partition coefficient (Wildman–Crippen LogP) is 5.69. The second-order valence-corrected chi connectivity index (χ2v) is 18.4. The number of aliphatic hydroxyl groups excluding tert-OH is 1. The fraction of sp³-hybridized carbons (Fsp3) is 0.474. The summed E-state index contributed by atoms with van der Waals surface area (Å²) in [6.07, 6.45) is -3.79. The van der Waals surface area contributed by atoms with E-state index in [2.05, 4.69) is 10.6 Å². The van der Waals surface area contributed by atoms with Crippen LogP contribution in [0.2, 0.25) is 0 Å². The number of benzene rings is 3. The highest BCUT2D eigenvalue weighted by molar-refractivity contribution is 7.89. The number of carbonyl (C=O) groups is 2.